The number of alkyl halides is 3. The molecule has 15 heavy (non-hydrogen) atoms. The van der Waals surface area contributed by atoms with E-state index in [2.05, 4.69) is 0 Å². The predicted molar refractivity (Wildman–Crippen MR) is 52.4 cm³/mol. The minimum Gasteiger partial charge on any atom is -0.197 e. The fraction of sp³-hybridized carbons (Fsp3) is 0.300. The topological polar surface area (TPSA) is 23.8 Å². The van der Waals surface area contributed by atoms with Gasteiger partial charge in [-0.2, -0.15) is 18.4 Å². The summed E-state index contributed by atoms with van der Waals surface area (Å²) in [5, 5.41) is 7.50. The maximum atomic E-state index is 12.0. The fourth-order valence-electron chi connectivity index (χ4n) is 0.987. The molecular formula is C10H8F3NS. The van der Waals surface area contributed by atoms with E-state index in [1.54, 1.807) is 36.4 Å². The fourth-order valence-corrected chi connectivity index (χ4v) is 1.96. The van der Waals surface area contributed by atoms with Crippen LogP contribution in [0.1, 0.15) is 6.42 Å². The van der Waals surface area contributed by atoms with Crippen LogP contribution in [0.2, 0.25) is 0 Å². The second-order valence-electron chi connectivity index (χ2n) is 2.87. The van der Waals surface area contributed by atoms with Crippen LogP contribution in [0.3, 0.4) is 0 Å². The molecule has 1 atom stereocenters. The smallest absolute Gasteiger partial charge is 0.197 e. The van der Waals surface area contributed by atoms with Gasteiger partial charge in [0.05, 0.1) is 12.5 Å². The van der Waals surface area contributed by atoms with Crippen LogP contribution < -0.4 is 0 Å². The van der Waals surface area contributed by atoms with Crippen LogP contribution in [0.15, 0.2) is 35.2 Å². The lowest BCUT2D eigenvalue weighted by Crippen LogP contribution is -2.15. The lowest BCUT2D eigenvalue weighted by atomic mass is 10.3. The van der Waals surface area contributed by atoms with Gasteiger partial charge in [0.25, 0.3) is 0 Å². The zero-order valence-corrected chi connectivity index (χ0v) is 8.48. The number of benzene rings is 1. The molecule has 0 heterocycles. The van der Waals surface area contributed by atoms with Crippen molar-refractivity contribution in [3.05, 3.63) is 30.3 Å². The van der Waals surface area contributed by atoms with Crippen molar-refractivity contribution in [1.82, 2.24) is 0 Å². The summed E-state index contributed by atoms with van der Waals surface area (Å²) < 4.78 is 36.1. The lowest BCUT2D eigenvalue weighted by Gasteiger charge is -2.11. The van der Waals surface area contributed by atoms with Crippen molar-refractivity contribution in [3.8, 4) is 6.07 Å². The predicted octanol–water partition coefficient (Wildman–Crippen LogP) is 3.62. The van der Waals surface area contributed by atoms with Crippen molar-refractivity contribution in [2.24, 2.45) is 0 Å². The Labute approximate surface area is 89.9 Å². The van der Waals surface area contributed by atoms with E-state index in [-0.39, 0.29) is 0 Å². The van der Waals surface area contributed by atoms with Crippen molar-refractivity contribution in [2.75, 3.05) is 0 Å². The molecule has 0 fully saturated rings. The third-order valence-electron chi connectivity index (χ3n) is 1.58. The number of thioether (sulfide) groups is 1. The summed E-state index contributed by atoms with van der Waals surface area (Å²) in [7, 11) is 0. The SMILES string of the molecule is N#CC(CC(F)(F)F)Sc1ccccc1. The van der Waals surface area contributed by atoms with Crippen molar-refractivity contribution < 1.29 is 13.2 Å². The van der Waals surface area contributed by atoms with Gasteiger partial charge in [0.15, 0.2) is 0 Å². The quantitative estimate of drug-likeness (QED) is 0.742. The van der Waals surface area contributed by atoms with E-state index in [1.165, 1.54) is 0 Å². The molecule has 0 saturated carbocycles. The number of nitriles is 1. The Kier molecular flexibility index (Phi) is 4.04. The molecule has 0 spiro atoms. The van der Waals surface area contributed by atoms with E-state index in [0.29, 0.717) is 4.90 Å². The Morgan fingerprint density at radius 3 is 2.33 bits per heavy atom. The van der Waals surface area contributed by atoms with Crippen LogP contribution >= 0.6 is 11.8 Å². The van der Waals surface area contributed by atoms with E-state index in [1.807, 2.05) is 0 Å². The highest BCUT2D eigenvalue weighted by Crippen LogP contribution is 2.31. The number of hydrogen-bond acceptors (Lipinski definition) is 2. The van der Waals surface area contributed by atoms with Gasteiger partial charge in [0.1, 0.15) is 5.25 Å². The summed E-state index contributed by atoms with van der Waals surface area (Å²) in [6.07, 6.45) is -5.37. The molecule has 0 aromatic heterocycles. The first-order valence-electron chi connectivity index (χ1n) is 4.19. The third kappa shape index (κ3) is 4.75. The third-order valence-corrected chi connectivity index (χ3v) is 2.68. The summed E-state index contributed by atoms with van der Waals surface area (Å²) in [6, 6.07) is 10.2. The molecule has 0 aliphatic carbocycles. The van der Waals surface area contributed by atoms with E-state index in [9.17, 15) is 13.2 Å². The number of hydrogen-bond donors (Lipinski definition) is 0. The second kappa shape index (κ2) is 5.08. The van der Waals surface area contributed by atoms with Gasteiger partial charge >= 0.3 is 6.18 Å². The molecule has 0 amide bonds. The maximum absolute atomic E-state index is 12.0. The molecule has 1 aromatic rings. The van der Waals surface area contributed by atoms with Gasteiger partial charge in [-0.05, 0) is 12.1 Å². The number of halogens is 3. The summed E-state index contributed by atoms with van der Waals surface area (Å²) in [5.41, 5.74) is 0. The van der Waals surface area contributed by atoms with Crippen molar-refractivity contribution in [1.29, 1.82) is 5.26 Å². The van der Waals surface area contributed by atoms with Crippen molar-refractivity contribution in [3.63, 3.8) is 0 Å². The van der Waals surface area contributed by atoms with Crippen LogP contribution in [0, 0.1) is 11.3 Å². The molecule has 0 bridgehead atoms. The first-order chi connectivity index (χ1) is 7.01. The van der Waals surface area contributed by atoms with Crippen LogP contribution in [0.4, 0.5) is 13.2 Å². The molecule has 1 nitrogen and oxygen atoms in total. The van der Waals surface area contributed by atoms with Gasteiger partial charge in [-0.15, -0.1) is 11.8 Å². The highest BCUT2D eigenvalue weighted by molar-refractivity contribution is 8.00. The zero-order valence-electron chi connectivity index (χ0n) is 7.66. The molecule has 80 valence electrons. The second-order valence-corrected chi connectivity index (χ2v) is 4.14. The van der Waals surface area contributed by atoms with E-state index < -0.39 is 17.8 Å². The highest BCUT2D eigenvalue weighted by Gasteiger charge is 2.32. The normalized spacial score (nSPS) is 13.2. The Morgan fingerprint density at radius 1 is 1.27 bits per heavy atom. The Hall–Kier alpha value is -1.15. The monoisotopic (exact) mass is 231 g/mol. The minimum atomic E-state index is -4.29. The van der Waals surface area contributed by atoms with Gasteiger partial charge in [0, 0.05) is 4.90 Å². The summed E-state index contributed by atoms with van der Waals surface area (Å²) >= 11 is 0.934. The maximum Gasteiger partial charge on any atom is 0.391 e. The Morgan fingerprint density at radius 2 is 1.87 bits per heavy atom. The molecular weight excluding hydrogens is 223 g/mol. The van der Waals surface area contributed by atoms with E-state index >= 15 is 0 Å². The highest BCUT2D eigenvalue weighted by atomic mass is 32.2. The van der Waals surface area contributed by atoms with Gasteiger partial charge in [-0.3, -0.25) is 0 Å². The molecule has 1 aromatic carbocycles. The average molecular weight is 231 g/mol. The number of nitrogens with zero attached hydrogens (tertiary/aromatic N) is 1. The minimum absolute atomic E-state index is 0.674. The summed E-state index contributed by atoms with van der Waals surface area (Å²) in [4.78, 5) is 0.674. The molecule has 0 N–H and O–H groups in total. The zero-order chi connectivity index (χ0) is 11.3. The largest absolute Gasteiger partial charge is 0.391 e. The molecule has 0 aliphatic heterocycles. The lowest BCUT2D eigenvalue weighted by molar-refractivity contribution is -0.132. The number of rotatable bonds is 3. The van der Waals surface area contributed by atoms with Crippen molar-refractivity contribution >= 4 is 11.8 Å². The molecule has 1 unspecified atom stereocenters. The van der Waals surface area contributed by atoms with E-state index in [4.69, 9.17) is 5.26 Å². The Bertz CT molecular complexity index is 342. The van der Waals surface area contributed by atoms with Crippen molar-refractivity contribution in [2.45, 2.75) is 22.7 Å². The Balaban J connectivity index is 2.60. The van der Waals surface area contributed by atoms with E-state index in [0.717, 1.165) is 11.8 Å². The summed E-state index contributed by atoms with van der Waals surface area (Å²) in [6.45, 7) is 0. The molecule has 5 heteroatoms. The molecule has 1 rings (SSSR count). The first-order valence-corrected chi connectivity index (χ1v) is 5.07. The van der Waals surface area contributed by atoms with Crippen LogP contribution in [-0.2, 0) is 0 Å². The standard InChI is InChI=1S/C10H8F3NS/c11-10(12,13)6-9(7-14)15-8-4-2-1-3-5-8/h1-5,9H,6H2. The first kappa shape index (κ1) is 11.9. The van der Waals surface area contributed by atoms with Gasteiger partial charge in [-0.1, -0.05) is 18.2 Å². The summed E-state index contributed by atoms with van der Waals surface area (Å²) in [5.74, 6) is 0. The molecule has 0 aliphatic rings. The van der Waals surface area contributed by atoms with Gasteiger partial charge < -0.3 is 0 Å². The van der Waals surface area contributed by atoms with Crippen LogP contribution in [-0.4, -0.2) is 11.4 Å². The van der Waals surface area contributed by atoms with Crippen LogP contribution in [0.25, 0.3) is 0 Å². The average Bonchev–Trinajstić information content (AvgIpc) is 2.16. The van der Waals surface area contributed by atoms with Gasteiger partial charge in [0.2, 0.25) is 0 Å². The van der Waals surface area contributed by atoms with Crippen LogP contribution in [0.5, 0.6) is 0 Å². The molecule has 0 saturated heterocycles. The van der Waals surface area contributed by atoms with Gasteiger partial charge in [-0.25, -0.2) is 0 Å². The molecule has 0 radical (unpaired) electrons.